The minimum atomic E-state index is 0.359. The SMILES string of the molecule is Cc1nc(-c2cccs2)nc(N)c1C(C)C. The Balaban J connectivity index is 2.53. The van der Waals surface area contributed by atoms with E-state index in [1.807, 2.05) is 24.4 Å². The van der Waals surface area contributed by atoms with Gasteiger partial charge in [-0.3, -0.25) is 0 Å². The van der Waals surface area contributed by atoms with Gasteiger partial charge in [-0.15, -0.1) is 11.3 Å². The molecule has 0 aliphatic rings. The van der Waals surface area contributed by atoms with Crippen LogP contribution in [0.3, 0.4) is 0 Å². The lowest BCUT2D eigenvalue weighted by Crippen LogP contribution is -2.06. The van der Waals surface area contributed by atoms with Crippen LogP contribution in [-0.4, -0.2) is 9.97 Å². The van der Waals surface area contributed by atoms with E-state index >= 15 is 0 Å². The van der Waals surface area contributed by atoms with Crippen molar-refractivity contribution >= 4 is 17.2 Å². The van der Waals surface area contributed by atoms with Crippen molar-refractivity contribution < 1.29 is 0 Å². The third-order valence-corrected chi connectivity index (χ3v) is 3.35. The maximum absolute atomic E-state index is 5.98. The van der Waals surface area contributed by atoms with Crippen LogP contribution in [0.25, 0.3) is 10.7 Å². The maximum atomic E-state index is 5.98. The third kappa shape index (κ3) is 1.93. The van der Waals surface area contributed by atoms with E-state index < -0.39 is 0 Å². The summed E-state index contributed by atoms with van der Waals surface area (Å²) in [4.78, 5) is 9.95. The Morgan fingerprint density at radius 1 is 1.31 bits per heavy atom. The molecule has 0 aliphatic carbocycles. The Morgan fingerprint density at radius 2 is 2.06 bits per heavy atom. The molecule has 0 aromatic carbocycles. The Bertz CT molecular complexity index is 466. The van der Waals surface area contributed by atoms with Crippen molar-refractivity contribution in [1.29, 1.82) is 0 Å². The van der Waals surface area contributed by atoms with Gasteiger partial charge in [0, 0.05) is 11.3 Å². The Kier molecular flexibility index (Phi) is 2.92. The molecule has 3 nitrogen and oxygen atoms in total. The van der Waals surface area contributed by atoms with Crippen LogP contribution in [0, 0.1) is 6.92 Å². The molecule has 2 aromatic heterocycles. The molecule has 0 aliphatic heterocycles. The first-order valence-electron chi connectivity index (χ1n) is 5.27. The van der Waals surface area contributed by atoms with Crippen molar-refractivity contribution in [3.05, 3.63) is 28.8 Å². The fourth-order valence-corrected chi connectivity index (χ4v) is 2.49. The molecule has 0 saturated carbocycles. The number of aromatic nitrogens is 2. The number of hydrogen-bond donors (Lipinski definition) is 1. The summed E-state index contributed by atoms with van der Waals surface area (Å²) in [5.41, 5.74) is 8.02. The predicted octanol–water partition coefficient (Wildman–Crippen LogP) is 3.22. The van der Waals surface area contributed by atoms with Gasteiger partial charge in [-0.2, -0.15) is 0 Å². The number of hydrogen-bond acceptors (Lipinski definition) is 4. The van der Waals surface area contributed by atoms with Gasteiger partial charge in [0.1, 0.15) is 5.82 Å². The molecule has 2 heterocycles. The third-order valence-electron chi connectivity index (χ3n) is 2.48. The average molecular weight is 233 g/mol. The molecule has 0 amide bonds. The number of anilines is 1. The number of nitrogens with zero attached hydrogens (tertiary/aromatic N) is 2. The van der Waals surface area contributed by atoms with E-state index in [0.717, 1.165) is 22.0 Å². The van der Waals surface area contributed by atoms with Crippen molar-refractivity contribution in [1.82, 2.24) is 9.97 Å². The molecule has 4 heteroatoms. The first kappa shape index (κ1) is 11.1. The quantitative estimate of drug-likeness (QED) is 0.866. The minimum Gasteiger partial charge on any atom is -0.383 e. The van der Waals surface area contributed by atoms with E-state index in [4.69, 9.17) is 5.73 Å². The molecule has 0 bridgehead atoms. The van der Waals surface area contributed by atoms with Gasteiger partial charge in [-0.1, -0.05) is 19.9 Å². The lowest BCUT2D eigenvalue weighted by molar-refractivity contribution is 0.836. The smallest absolute Gasteiger partial charge is 0.171 e. The van der Waals surface area contributed by atoms with E-state index in [1.165, 1.54) is 0 Å². The summed E-state index contributed by atoms with van der Waals surface area (Å²) in [5, 5.41) is 2.01. The number of nitrogens with two attached hydrogens (primary N) is 1. The van der Waals surface area contributed by atoms with Crippen LogP contribution in [0.5, 0.6) is 0 Å². The van der Waals surface area contributed by atoms with Crippen LogP contribution in [0.4, 0.5) is 5.82 Å². The molecule has 0 atom stereocenters. The molecule has 0 unspecified atom stereocenters. The summed E-state index contributed by atoms with van der Waals surface area (Å²) in [6.45, 7) is 6.20. The van der Waals surface area contributed by atoms with Gasteiger partial charge in [-0.25, -0.2) is 9.97 Å². The first-order valence-corrected chi connectivity index (χ1v) is 6.15. The van der Waals surface area contributed by atoms with Crippen LogP contribution in [0.15, 0.2) is 17.5 Å². The number of nitrogen functional groups attached to an aromatic ring is 1. The monoisotopic (exact) mass is 233 g/mol. The van der Waals surface area contributed by atoms with Crippen molar-refractivity contribution in [2.75, 3.05) is 5.73 Å². The van der Waals surface area contributed by atoms with Gasteiger partial charge < -0.3 is 5.73 Å². The highest BCUT2D eigenvalue weighted by molar-refractivity contribution is 7.13. The topological polar surface area (TPSA) is 51.8 Å². The van der Waals surface area contributed by atoms with E-state index in [0.29, 0.717) is 11.7 Å². The van der Waals surface area contributed by atoms with E-state index in [-0.39, 0.29) is 0 Å². The maximum Gasteiger partial charge on any atom is 0.171 e. The van der Waals surface area contributed by atoms with E-state index in [2.05, 4.69) is 23.8 Å². The summed E-state index contributed by atoms with van der Waals surface area (Å²) in [6, 6.07) is 4.00. The standard InChI is InChI=1S/C12H15N3S/c1-7(2)10-8(3)14-12(15-11(10)13)9-5-4-6-16-9/h4-7H,1-3H3,(H2,13,14,15). The van der Waals surface area contributed by atoms with Crippen LogP contribution in [-0.2, 0) is 0 Å². The van der Waals surface area contributed by atoms with Gasteiger partial charge in [0.15, 0.2) is 5.82 Å². The Labute approximate surface area is 99.4 Å². The van der Waals surface area contributed by atoms with Gasteiger partial charge in [0.2, 0.25) is 0 Å². The van der Waals surface area contributed by atoms with Crippen molar-refractivity contribution in [2.24, 2.45) is 0 Å². The summed E-state index contributed by atoms with van der Waals surface area (Å²) in [7, 11) is 0. The molecule has 0 radical (unpaired) electrons. The zero-order valence-electron chi connectivity index (χ0n) is 9.69. The Hall–Kier alpha value is -1.42. The largest absolute Gasteiger partial charge is 0.383 e. The zero-order chi connectivity index (χ0) is 11.7. The molecule has 84 valence electrons. The van der Waals surface area contributed by atoms with Crippen molar-refractivity contribution in [2.45, 2.75) is 26.7 Å². The molecule has 2 N–H and O–H groups in total. The number of aryl methyl sites for hydroxylation is 1. The molecule has 2 aromatic rings. The zero-order valence-corrected chi connectivity index (χ0v) is 10.5. The number of thiophene rings is 1. The second-order valence-corrected chi connectivity index (χ2v) is 5.01. The summed E-state index contributed by atoms with van der Waals surface area (Å²) in [5.74, 6) is 1.69. The molecule has 0 fully saturated rings. The second kappa shape index (κ2) is 4.22. The van der Waals surface area contributed by atoms with E-state index in [9.17, 15) is 0 Å². The molecular formula is C12H15N3S. The highest BCUT2D eigenvalue weighted by Gasteiger charge is 2.13. The average Bonchev–Trinajstić information content (AvgIpc) is 2.67. The van der Waals surface area contributed by atoms with Gasteiger partial charge in [0.05, 0.1) is 4.88 Å². The van der Waals surface area contributed by atoms with Crippen LogP contribution in [0.1, 0.15) is 31.0 Å². The number of rotatable bonds is 2. The van der Waals surface area contributed by atoms with Crippen molar-refractivity contribution in [3.63, 3.8) is 0 Å². The van der Waals surface area contributed by atoms with Gasteiger partial charge >= 0.3 is 0 Å². The molecule has 2 rings (SSSR count). The molecular weight excluding hydrogens is 218 g/mol. The van der Waals surface area contributed by atoms with Crippen LogP contribution >= 0.6 is 11.3 Å². The first-order chi connectivity index (χ1) is 7.59. The predicted molar refractivity (Wildman–Crippen MR) is 68.6 cm³/mol. The molecule has 0 saturated heterocycles. The second-order valence-electron chi connectivity index (χ2n) is 4.06. The van der Waals surface area contributed by atoms with Crippen LogP contribution < -0.4 is 5.73 Å². The molecule has 16 heavy (non-hydrogen) atoms. The fraction of sp³-hybridized carbons (Fsp3) is 0.333. The summed E-state index contributed by atoms with van der Waals surface area (Å²) in [6.07, 6.45) is 0. The van der Waals surface area contributed by atoms with Gasteiger partial charge in [-0.05, 0) is 24.3 Å². The van der Waals surface area contributed by atoms with Gasteiger partial charge in [0.25, 0.3) is 0 Å². The Morgan fingerprint density at radius 3 is 2.56 bits per heavy atom. The lowest BCUT2D eigenvalue weighted by Gasteiger charge is -2.12. The minimum absolute atomic E-state index is 0.359. The summed E-state index contributed by atoms with van der Waals surface area (Å²) >= 11 is 1.63. The molecule has 0 spiro atoms. The van der Waals surface area contributed by atoms with E-state index in [1.54, 1.807) is 11.3 Å². The fourth-order valence-electron chi connectivity index (χ4n) is 1.83. The lowest BCUT2D eigenvalue weighted by atomic mass is 10.0. The van der Waals surface area contributed by atoms with Crippen molar-refractivity contribution in [3.8, 4) is 10.7 Å². The van der Waals surface area contributed by atoms with Crippen LogP contribution in [0.2, 0.25) is 0 Å². The highest BCUT2D eigenvalue weighted by Crippen LogP contribution is 2.27. The highest BCUT2D eigenvalue weighted by atomic mass is 32.1. The normalized spacial score (nSPS) is 11.0. The summed E-state index contributed by atoms with van der Waals surface area (Å²) < 4.78 is 0.